The van der Waals surface area contributed by atoms with Crippen LogP contribution in [0.5, 0.6) is 0 Å². The quantitative estimate of drug-likeness (QED) is 0.692. The highest BCUT2D eigenvalue weighted by atomic mass is 32.2. The van der Waals surface area contributed by atoms with Crippen LogP contribution in [0.2, 0.25) is 0 Å². The van der Waals surface area contributed by atoms with Crippen LogP contribution in [-0.2, 0) is 26.0 Å². The fourth-order valence-electron chi connectivity index (χ4n) is 3.06. The van der Waals surface area contributed by atoms with E-state index in [0.29, 0.717) is 12.0 Å². The zero-order chi connectivity index (χ0) is 18.9. The summed E-state index contributed by atoms with van der Waals surface area (Å²) in [5.74, 6) is -1.64. The van der Waals surface area contributed by atoms with E-state index in [0.717, 1.165) is 4.90 Å². The molecule has 2 N–H and O–H groups in total. The fourth-order valence-corrected chi connectivity index (χ4v) is 4.74. The van der Waals surface area contributed by atoms with Gasteiger partial charge >= 0.3 is 6.03 Å². The molecule has 0 spiro atoms. The van der Waals surface area contributed by atoms with E-state index in [1.165, 1.54) is 18.2 Å². The van der Waals surface area contributed by atoms with Gasteiger partial charge in [-0.2, -0.15) is 0 Å². The molecule has 3 rings (SSSR count). The van der Waals surface area contributed by atoms with E-state index in [1.807, 2.05) is 0 Å². The molecule has 2 fully saturated rings. The summed E-state index contributed by atoms with van der Waals surface area (Å²) in [6, 6.07) is 3.40. The van der Waals surface area contributed by atoms with Gasteiger partial charge in [0, 0.05) is 6.04 Å². The molecule has 0 bridgehead atoms. The number of rotatable bonds is 5. The number of halogens is 1. The molecule has 0 aromatic heterocycles. The number of benzene rings is 1. The molecule has 0 aliphatic carbocycles. The Morgan fingerprint density at radius 2 is 2.12 bits per heavy atom. The van der Waals surface area contributed by atoms with Gasteiger partial charge < -0.3 is 10.6 Å². The van der Waals surface area contributed by atoms with Gasteiger partial charge in [-0.3, -0.25) is 14.5 Å². The van der Waals surface area contributed by atoms with E-state index < -0.39 is 45.6 Å². The van der Waals surface area contributed by atoms with Crippen LogP contribution in [0.25, 0.3) is 0 Å². The lowest BCUT2D eigenvalue weighted by molar-refractivity contribution is -0.131. The van der Waals surface area contributed by atoms with Crippen LogP contribution < -0.4 is 10.6 Å². The van der Waals surface area contributed by atoms with Crippen molar-refractivity contribution in [3.8, 4) is 0 Å². The van der Waals surface area contributed by atoms with Gasteiger partial charge in [0.2, 0.25) is 5.91 Å². The SMILES string of the molecule is O=C(C[C@@H]1NC(=O)N(Cc2cccc(F)c2)C1=O)N[C@H]1CCS(=O)(=O)C1. The highest BCUT2D eigenvalue weighted by Gasteiger charge is 2.39. The number of urea groups is 1. The molecule has 10 heteroatoms. The van der Waals surface area contributed by atoms with Gasteiger partial charge in [0.15, 0.2) is 9.84 Å². The number of imide groups is 1. The second-order valence-corrected chi connectivity index (χ2v) is 8.66. The number of sulfone groups is 1. The fraction of sp³-hybridized carbons (Fsp3) is 0.438. The summed E-state index contributed by atoms with van der Waals surface area (Å²) in [6.07, 6.45) is 0.0610. The Labute approximate surface area is 149 Å². The van der Waals surface area contributed by atoms with Crippen LogP contribution in [0.3, 0.4) is 0 Å². The molecule has 1 aromatic carbocycles. The second-order valence-electron chi connectivity index (χ2n) is 6.43. The average Bonchev–Trinajstić information content (AvgIpc) is 3.01. The lowest BCUT2D eigenvalue weighted by atomic mass is 10.1. The zero-order valence-corrected chi connectivity index (χ0v) is 14.6. The Hall–Kier alpha value is -2.49. The van der Waals surface area contributed by atoms with E-state index in [2.05, 4.69) is 10.6 Å². The molecule has 2 atom stereocenters. The maximum absolute atomic E-state index is 13.2. The molecule has 4 amide bonds. The predicted octanol–water partition coefficient (Wildman–Crippen LogP) is -0.0605. The van der Waals surface area contributed by atoms with Crippen molar-refractivity contribution in [2.45, 2.75) is 31.5 Å². The molecule has 1 aromatic rings. The van der Waals surface area contributed by atoms with Crippen molar-refractivity contribution >= 4 is 27.7 Å². The maximum atomic E-state index is 13.2. The molecule has 140 valence electrons. The number of hydrogen-bond acceptors (Lipinski definition) is 5. The first-order valence-electron chi connectivity index (χ1n) is 8.09. The molecule has 8 nitrogen and oxygen atoms in total. The standard InChI is InChI=1S/C16H18FN3O5S/c17-11-3-1-2-10(6-11)8-20-15(22)13(19-16(20)23)7-14(21)18-12-4-5-26(24,25)9-12/h1-3,6,12-13H,4-5,7-9H2,(H,18,21)(H,19,23)/t12-,13-/m0/s1. The van der Waals surface area contributed by atoms with Gasteiger partial charge in [-0.25, -0.2) is 17.6 Å². The first kappa shape index (κ1) is 18.3. The molecule has 0 saturated carbocycles. The summed E-state index contributed by atoms with van der Waals surface area (Å²) < 4.78 is 36.0. The predicted molar refractivity (Wildman–Crippen MR) is 89.1 cm³/mol. The number of carbonyl (C=O) groups excluding carboxylic acids is 3. The molecule has 0 radical (unpaired) electrons. The van der Waals surface area contributed by atoms with E-state index in [4.69, 9.17) is 0 Å². The van der Waals surface area contributed by atoms with Gasteiger partial charge in [0.25, 0.3) is 5.91 Å². The molecule has 2 aliphatic heterocycles. The lowest BCUT2D eigenvalue weighted by Crippen LogP contribution is -2.41. The zero-order valence-electron chi connectivity index (χ0n) is 13.8. The van der Waals surface area contributed by atoms with Gasteiger partial charge in [0.1, 0.15) is 11.9 Å². The monoisotopic (exact) mass is 383 g/mol. The first-order valence-corrected chi connectivity index (χ1v) is 9.92. The highest BCUT2D eigenvalue weighted by Crippen LogP contribution is 2.16. The summed E-state index contributed by atoms with van der Waals surface area (Å²) in [5.41, 5.74) is 0.453. The minimum atomic E-state index is -3.13. The topological polar surface area (TPSA) is 113 Å². The molecular weight excluding hydrogens is 365 g/mol. The van der Waals surface area contributed by atoms with Gasteiger partial charge in [-0.15, -0.1) is 0 Å². The molecule has 2 heterocycles. The largest absolute Gasteiger partial charge is 0.352 e. The first-order chi connectivity index (χ1) is 12.2. The van der Waals surface area contributed by atoms with Crippen molar-refractivity contribution in [1.29, 1.82) is 0 Å². The van der Waals surface area contributed by atoms with E-state index in [-0.39, 0.29) is 24.5 Å². The Morgan fingerprint density at radius 3 is 2.77 bits per heavy atom. The van der Waals surface area contributed by atoms with Crippen molar-refractivity contribution in [3.63, 3.8) is 0 Å². The molecular formula is C16H18FN3O5S. The summed E-state index contributed by atoms with van der Waals surface area (Å²) in [4.78, 5) is 37.3. The van der Waals surface area contributed by atoms with Crippen LogP contribution in [0.1, 0.15) is 18.4 Å². The third-order valence-corrected chi connectivity index (χ3v) is 6.09. The van der Waals surface area contributed by atoms with Gasteiger partial charge in [-0.05, 0) is 24.1 Å². The van der Waals surface area contributed by atoms with Crippen LogP contribution in [-0.4, -0.2) is 54.8 Å². The number of nitrogens with zero attached hydrogens (tertiary/aromatic N) is 1. The van der Waals surface area contributed by atoms with E-state index in [1.54, 1.807) is 6.07 Å². The number of hydrogen-bond donors (Lipinski definition) is 2. The van der Waals surface area contributed by atoms with Crippen LogP contribution >= 0.6 is 0 Å². The van der Waals surface area contributed by atoms with Crippen molar-refractivity contribution in [2.75, 3.05) is 11.5 Å². The van der Waals surface area contributed by atoms with Crippen LogP contribution in [0, 0.1) is 5.82 Å². The number of amides is 4. The Morgan fingerprint density at radius 1 is 1.35 bits per heavy atom. The van der Waals surface area contributed by atoms with Crippen molar-refractivity contribution in [3.05, 3.63) is 35.6 Å². The highest BCUT2D eigenvalue weighted by molar-refractivity contribution is 7.91. The van der Waals surface area contributed by atoms with Crippen molar-refractivity contribution in [1.82, 2.24) is 15.5 Å². The summed E-state index contributed by atoms with van der Waals surface area (Å²) in [6.45, 7) is -0.0958. The summed E-state index contributed by atoms with van der Waals surface area (Å²) in [7, 11) is -3.13. The molecule has 2 aliphatic rings. The van der Waals surface area contributed by atoms with Crippen LogP contribution in [0.15, 0.2) is 24.3 Å². The molecule has 0 unspecified atom stereocenters. The Kier molecular flexibility index (Phi) is 4.94. The van der Waals surface area contributed by atoms with Crippen molar-refractivity contribution in [2.24, 2.45) is 0 Å². The van der Waals surface area contributed by atoms with E-state index >= 15 is 0 Å². The van der Waals surface area contributed by atoms with Crippen molar-refractivity contribution < 1.29 is 27.2 Å². The minimum Gasteiger partial charge on any atom is -0.352 e. The Balaban J connectivity index is 1.57. The summed E-state index contributed by atoms with van der Waals surface area (Å²) in [5, 5.41) is 5.00. The molecule has 26 heavy (non-hydrogen) atoms. The minimum absolute atomic E-state index is 0.0262. The number of nitrogens with one attached hydrogen (secondary N) is 2. The number of carbonyl (C=O) groups is 3. The normalized spacial score (nSPS) is 24.6. The third kappa shape index (κ3) is 4.18. The third-order valence-electron chi connectivity index (χ3n) is 4.32. The van der Waals surface area contributed by atoms with Gasteiger partial charge in [0.05, 0.1) is 24.5 Å². The smallest absolute Gasteiger partial charge is 0.325 e. The van der Waals surface area contributed by atoms with Gasteiger partial charge in [-0.1, -0.05) is 12.1 Å². The van der Waals surface area contributed by atoms with Crippen LogP contribution in [0.4, 0.5) is 9.18 Å². The van der Waals surface area contributed by atoms with E-state index in [9.17, 15) is 27.2 Å². The second kappa shape index (κ2) is 7.02. The average molecular weight is 383 g/mol. The Bertz CT molecular complexity index is 857. The molecule has 2 saturated heterocycles. The lowest BCUT2D eigenvalue weighted by Gasteiger charge is -2.14. The summed E-state index contributed by atoms with van der Waals surface area (Å²) >= 11 is 0. The maximum Gasteiger partial charge on any atom is 0.325 e.